The first-order valence-electron chi connectivity index (χ1n) is 2.43. The van der Waals surface area contributed by atoms with Crippen molar-refractivity contribution in [2.45, 2.75) is 6.04 Å². The van der Waals surface area contributed by atoms with Gasteiger partial charge in [-0.05, 0) is 6.20 Å². The lowest BCUT2D eigenvalue weighted by atomic mass is 10.4. The molecule has 1 rings (SSSR count). The Morgan fingerprint density at radius 3 is 2.71 bits per heavy atom. The summed E-state index contributed by atoms with van der Waals surface area (Å²) >= 11 is 0. The van der Waals surface area contributed by atoms with Gasteiger partial charge in [0, 0.05) is 19.6 Å². The highest BCUT2D eigenvalue weighted by Gasteiger charge is 2.04. The Hall–Kier alpha value is -0.500. The van der Waals surface area contributed by atoms with Gasteiger partial charge in [0.05, 0.1) is 0 Å². The van der Waals surface area contributed by atoms with Gasteiger partial charge < -0.3 is 10.6 Å². The molecule has 0 spiro atoms. The van der Waals surface area contributed by atoms with Crippen LogP contribution in [0.2, 0.25) is 0 Å². The molecule has 1 aliphatic rings. The van der Waals surface area contributed by atoms with Crippen molar-refractivity contribution in [3.8, 4) is 0 Å². The number of likely N-dealkylation sites (N-methyl/N-ethyl adjacent to an activating group) is 1. The molecule has 0 saturated carbocycles. The SMILES string of the molecule is CN1C=C[C@@H](N)C1. The molecule has 0 radical (unpaired) electrons. The second-order valence-electron chi connectivity index (χ2n) is 1.94. The quantitative estimate of drug-likeness (QED) is 0.453. The first-order valence-corrected chi connectivity index (χ1v) is 2.43. The summed E-state index contributed by atoms with van der Waals surface area (Å²) in [6, 6.07) is 0.269. The predicted octanol–water partition coefficient (Wildman–Crippen LogP) is -0.227. The van der Waals surface area contributed by atoms with E-state index in [1.165, 1.54) is 0 Å². The summed E-state index contributed by atoms with van der Waals surface area (Å²) in [6.07, 6.45) is 4.00. The second kappa shape index (κ2) is 1.54. The molecule has 2 nitrogen and oxygen atoms in total. The minimum Gasteiger partial charge on any atom is -0.379 e. The zero-order valence-corrected chi connectivity index (χ0v) is 4.46. The number of nitrogens with zero attached hydrogens (tertiary/aromatic N) is 1. The Morgan fingerprint density at radius 1 is 1.86 bits per heavy atom. The topological polar surface area (TPSA) is 29.3 Å². The molecule has 0 aromatic carbocycles. The minimum atomic E-state index is 0.269. The minimum absolute atomic E-state index is 0.269. The maximum Gasteiger partial charge on any atom is 0.0419 e. The fourth-order valence-electron chi connectivity index (χ4n) is 0.712. The van der Waals surface area contributed by atoms with Crippen LogP contribution in [0.5, 0.6) is 0 Å². The molecule has 40 valence electrons. The molecular weight excluding hydrogens is 88.1 g/mol. The summed E-state index contributed by atoms with van der Waals surface area (Å²) in [5, 5.41) is 0. The van der Waals surface area contributed by atoms with E-state index in [4.69, 9.17) is 5.73 Å². The van der Waals surface area contributed by atoms with Crippen LogP contribution < -0.4 is 5.73 Å². The van der Waals surface area contributed by atoms with E-state index in [0.29, 0.717) is 0 Å². The Bertz CT molecular complexity index is 78.1. The summed E-state index contributed by atoms with van der Waals surface area (Å²) in [7, 11) is 2.02. The zero-order chi connectivity index (χ0) is 5.28. The number of hydrogen-bond donors (Lipinski definition) is 1. The van der Waals surface area contributed by atoms with Crippen LogP contribution in [0.25, 0.3) is 0 Å². The lowest BCUT2D eigenvalue weighted by Gasteiger charge is -2.06. The molecule has 0 aliphatic carbocycles. The molecule has 0 aromatic heterocycles. The van der Waals surface area contributed by atoms with E-state index >= 15 is 0 Å². The Balaban J connectivity index is 2.42. The van der Waals surface area contributed by atoms with Crippen molar-refractivity contribution in [3.05, 3.63) is 12.3 Å². The summed E-state index contributed by atoms with van der Waals surface area (Å²) in [5.74, 6) is 0. The highest BCUT2D eigenvalue weighted by Crippen LogP contribution is 1.97. The molecule has 1 heterocycles. The van der Waals surface area contributed by atoms with Gasteiger partial charge in [0.1, 0.15) is 0 Å². The van der Waals surface area contributed by atoms with Crippen LogP contribution in [0.1, 0.15) is 0 Å². The van der Waals surface area contributed by atoms with Crippen molar-refractivity contribution in [1.29, 1.82) is 0 Å². The van der Waals surface area contributed by atoms with Crippen molar-refractivity contribution in [2.75, 3.05) is 13.6 Å². The number of nitrogens with two attached hydrogens (primary N) is 1. The van der Waals surface area contributed by atoms with Gasteiger partial charge in [0.15, 0.2) is 0 Å². The summed E-state index contributed by atoms with van der Waals surface area (Å²) in [5.41, 5.74) is 5.50. The third-order valence-corrected chi connectivity index (χ3v) is 1.09. The van der Waals surface area contributed by atoms with Crippen molar-refractivity contribution >= 4 is 0 Å². The number of rotatable bonds is 0. The fraction of sp³-hybridized carbons (Fsp3) is 0.600. The summed E-state index contributed by atoms with van der Waals surface area (Å²) in [6.45, 7) is 0.972. The largest absolute Gasteiger partial charge is 0.379 e. The van der Waals surface area contributed by atoms with Gasteiger partial charge in [-0.3, -0.25) is 0 Å². The van der Waals surface area contributed by atoms with Crippen LogP contribution in [0.4, 0.5) is 0 Å². The van der Waals surface area contributed by atoms with E-state index in [1.54, 1.807) is 0 Å². The maximum atomic E-state index is 5.50. The third kappa shape index (κ3) is 0.933. The standard InChI is InChI=1S/C5H10N2/c1-7-3-2-5(6)4-7/h2-3,5H,4,6H2,1H3/t5-/m1/s1. The van der Waals surface area contributed by atoms with E-state index in [1.807, 2.05) is 19.3 Å². The van der Waals surface area contributed by atoms with Gasteiger partial charge in [-0.15, -0.1) is 0 Å². The molecule has 0 aromatic rings. The van der Waals surface area contributed by atoms with Gasteiger partial charge in [0.2, 0.25) is 0 Å². The fourth-order valence-corrected chi connectivity index (χ4v) is 0.712. The van der Waals surface area contributed by atoms with Crippen molar-refractivity contribution in [3.63, 3.8) is 0 Å². The monoisotopic (exact) mass is 98.1 g/mol. The van der Waals surface area contributed by atoms with E-state index < -0.39 is 0 Å². The first-order chi connectivity index (χ1) is 3.29. The number of hydrogen-bond acceptors (Lipinski definition) is 2. The summed E-state index contributed by atoms with van der Waals surface area (Å²) < 4.78 is 0. The lowest BCUT2D eigenvalue weighted by Crippen LogP contribution is -2.24. The Kier molecular flexibility index (Phi) is 1.02. The smallest absolute Gasteiger partial charge is 0.0419 e. The maximum absolute atomic E-state index is 5.50. The molecule has 1 aliphatic heterocycles. The molecule has 0 unspecified atom stereocenters. The average molecular weight is 98.1 g/mol. The van der Waals surface area contributed by atoms with Crippen LogP contribution in [-0.4, -0.2) is 24.5 Å². The average Bonchev–Trinajstić information content (AvgIpc) is 1.87. The molecule has 0 saturated heterocycles. The van der Waals surface area contributed by atoms with Gasteiger partial charge in [-0.1, -0.05) is 6.08 Å². The van der Waals surface area contributed by atoms with E-state index in [9.17, 15) is 0 Å². The highest BCUT2D eigenvalue weighted by atomic mass is 15.1. The van der Waals surface area contributed by atoms with E-state index in [-0.39, 0.29) is 6.04 Å². The Labute approximate surface area is 43.6 Å². The lowest BCUT2D eigenvalue weighted by molar-refractivity contribution is 0.474. The molecule has 2 heteroatoms. The van der Waals surface area contributed by atoms with Gasteiger partial charge >= 0.3 is 0 Å². The van der Waals surface area contributed by atoms with Crippen LogP contribution in [0, 0.1) is 0 Å². The van der Waals surface area contributed by atoms with Crippen LogP contribution >= 0.6 is 0 Å². The van der Waals surface area contributed by atoms with Crippen molar-refractivity contribution in [2.24, 2.45) is 5.73 Å². The van der Waals surface area contributed by atoms with Gasteiger partial charge in [-0.25, -0.2) is 0 Å². The van der Waals surface area contributed by atoms with Crippen LogP contribution in [0.15, 0.2) is 12.3 Å². The predicted molar refractivity (Wildman–Crippen MR) is 29.7 cm³/mol. The molecular formula is C5H10N2. The first kappa shape index (κ1) is 4.65. The summed E-state index contributed by atoms with van der Waals surface area (Å²) in [4.78, 5) is 2.07. The molecule has 7 heavy (non-hydrogen) atoms. The Morgan fingerprint density at radius 2 is 2.57 bits per heavy atom. The molecule has 1 atom stereocenters. The van der Waals surface area contributed by atoms with Gasteiger partial charge in [-0.2, -0.15) is 0 Å². The zero-order valence-electron chi connectivity index (χ0n) is 4.46. The third-order valence-electron chi connectivity index (χ3n) is 1.09. The van der Waals surface area contributed by atoms with Crippen LogP contribution in [-0.2, 0) is 0 Å². The second-order valence-corrected chi connectivity index (χ2v) is 1.94. The molecule has 0 fully saturated rings. The normalized spacial score (nSPS) is 29.4. The highest BCUT2D eigenvalue weighted by molar-refractivity contribution is 4.99. The van der Waals surface area contributed by atoms with E-state index in [2.05, 4.69) is 4.90 Å². The van der Waals surface area contributed by atoms with E-state index in [0.717, 1.165) is 6.54 Å². The molecule has 0 amide bonds. The van der Waals surface area contributed by atoms with Crippen molar-refractivity contribution < 1.29 is 0 Å². The molecule has 0 bridgehead atoms. The van der Waals surface area contributed by atoms with Gasteiger partial charge in [0.25, 0.3) is 0 Å². The van der Waals surface area contributed by atoms with Crippen LogP contribution in [0.3, 0.4) is 0 Å². The van der Waals surface area contributed by atoms with Crippen molar-refractivity contribution in [1.82, 2.24) is 4.90 Å². The molecule has 2 N–H and O–H groups in total.